The van der Waals surface area contributed by atoms with Gasteiger partial charge in [-0.1, -0.05) is 21.6 Å². The van der Waals surface area contributed by atoms with Crippen LogP contribution in [0.4, 0.5) is 0 Å². The van der Waals surface area contributed by atoms with Crippen molar-refractivity contribution in [2.45, 2.75) is 41.0 Å². The monoisotopic (exact) mass is 610 g/mol. The molecule has 12 nitrogen and oxygen atoms in total. The van der Waals surface area contributed by atoms with Gasteiger partial charge in [0.1, 0.15) is 29.9 Å². The molecular weight excluding hydrogens is 580 g/mol. The lowest BCUT2D eigenvalue weighted by Gasteiger charge is -2.41. The van der Waals surface area contributed by atoms with Crippen LogP contribution in [-0.2, 0) is 14.3 Å². The van der Waals surface area contributed by atoms with Crippen LogP contribution in [0.15, 0.2) is 24.3 Å². The molecule has 0 unspecified atom stereocenters. The Morgan fingerprint density at radius 2 is 1.56 bits per heavy atom. The molecule has 5 N–H and O–H groups in total. The second kappa shape index (κ2) is 11.2. The Labute approximate surface area is 242 Å². The number of methoxy groups -OCH3 is 2. The Kier molecular flexibility index (Phi) is 7.82. The van der Waals surface area contributed by atoms with Crippen LogP contribution in [-0.4, -0.2) is 95.6 Å². The Bertz CT molecular complexity index is 1300. The number of fused-ring (bicyclic) bond motifs is 3. The highest BCUT2D eigenvalue weighted by atomic mass is 33.1. The molecule has 9 atom stereocenters. The maximum Gasteiger partial charge on any atom is 0.310 e. The van der Waals surface area contributed by atoms with Gasteiger partial charge in [-0.25, -0.2) is 0 Å². The molecule has 0 aromatic heterocycles. The molecule has 0 bridgehead atoms. The van der Waals surface area contributed by atoms with Gasteiger partial charge < -0.3 is 54.0 Å². The number of phenolic OH excluding ortho intramolecular Hbond substituents is 1. The third-order valence-corrected chi connectivity index (χ3v) is 11.1. The summed E-state index contributed by atoms with van der Waals surface area (Å²) in [5.41, 5.74) is 1.35. The fourth-order valence-corrected chi connectivity index (χ4v) is 9.29. The molecule has 0 spiro atoms. The number of esters is 1. The first-order valence-corrected chi connectivity index (χ1v) is 15.2. The van der Waals surface area contributed by atoms with E-state index in [1.165, 1.54) is 25.0 Å². The molecule has 0 amide bonds. The van der Waals surface area contributed by atoms with E-state index in [0.717, 1.165) is 21.9 Å². The number of hydrogen-bond acceptors (Lipinski definition) is 14. The minimum absolute atomic E-state index is 0.0517. The number of aliphatic hydroxyl groups excluding tert-OH is 4. The molecule has 222 valence electrons. The molecule has 0 saturated carbocycles. The highest BCUT2D eigenvalue weighted by molar-refractivity contribution is 8.77. The first-order valence-electron chi connectivity index (χ1n) is 12.9. The normalized spacial score (nSPS) is 33.6. The largest absolute Gasteiger partial charge is 0.502 e. The zero-order chi connectivity index (χ0) is 29.0. The zero-order valence-corrected chi connectivity index (χ0v) is 23.7. The number of aromatic hydroxyl groups is 1. The van der Waals surface area contributed by atoms with E-state index in [-0.39, 0.29) is 47.8 Å². The molecule has 3 aliphatic heterocycles. The van der Waals surface area contributed by atoms with Gasteiger partial charge in [0.25, 0.3) is 0 Å². The van der Waals surface area contributed by atoms with Crippen LogP contribution in [0.5, 0.6) is 28.7 Å². The lowest BCUT2D eigenvalue weighted by molar-refractivity contribution is -0.205. The minimum atomic E-state index is -1.50. The molecule has 2 saturated heterocycles. The van der Waals surface area contributed by atoms with E-state index in [1.54, 1.807) is 12.1 Å². The third kappa shape index (κ3) is 4.75. The van der Waals surface area contributed by atoms with Crippen LogP contribution in [0.1, 0.15) is 27.9 Å². The van der Waals surface area contributed by atoms with Crippen molar-refractivity contribution < 1.29 is 58.7 Å². The van der Waals surface area contributed by atoms with Gasteiger partial charge in [-0.15, -0.1) is 0 Å². The standard InChI is InChI=1S/C27H30O12S2/c1-34-16-3-10(4-17(35-2)21(16)29)19-11-5-14-15(38-9-37-14)6-12(11)25(13-8-36-26(33)20(13)19)40-41-27-24(32)23(31)22(30)18(7-28)39-27/h3-6,13,18-20,22-25,27-32H,7-9H2,1-2H3/t13-,18+,19+,20-,22-,23-,24+,25+,27-/m0/s1. The van der Waals surface area contributed by atoms with Gasteiger partial charge in [-0.2, -0.15) is 0 Å². The summed E-state index contributed by atoms with van der Waals surface area (Å²) in [5.74, 6) is -0.496. The van der Waals surface area contributed by atoms with Crippen LogP contribution >= 0.6 is 21.6 Å². The molecule has 3 heterocycles. The number of hydrogen-bond donors (Lipinski definition) is 5. The fourth-order valence-electron chi connectivity index (χ4n) is 5.99. The summed E-state index contributed by atoms with van der Waals surface area (Å²) < 4.78 is 33.5. The molecule has 1 aliphatic carbocycles. The van der Waals surface area contributed by atoms with Crippen molar-refractivity contribution in [3.63, 3.8) is 0 Å². The van der Waals surface area contributed by atoms with E-state index in [4.69, 9.17) is 28.4 Å². The van der Waals surface area contributed by atoms with Gasteiger partial charge in [0.05, 0.1) is 33.4 Å². The van der Waals surface area contributed by atoms with Crippen LogP contribution in [0.2, 0.25) is 0 Å². The average Bonchev–Trinajstić information content (AvgIpc) is 3.60. The number of phenols is 1. The minimum Gasteiger partial charge on any atom is -0.502 e. The summed E-state index contributed by atoms with van der Waals surface area (Å²) in [6.45, 7) is -0.333. The molecule has 2 fully saturated rings. The van der Waals surface area contributed by atoms with Crippen molar-refractivity contribution in [1.29, 1.82) is 0 Å². The molecule has 4 aliphatic rings. The number of rotatable bonds is 7. The Morgan fingerprint density at radius 1 is 0.902 bits per heavy atom. The number of benzene rings is 2. The van der Waals surface area contributed by atoms with Crippen molar-refractivity contribution in [1.82, 2.24) is 0 Å². The second-order valence-corrected chi connectivity index (χ2v) is 12.7. The molecule has 0 radical (unpaired) electrons. The number of aliphatic hydroxyl groups is 4. The maximum absolute atomic E-state index is 13.3. The predicted octanol–water partition coefficient (Wildman–Crippen LogP) is 1.30. The summed E-state index contributed by atoms with van der Waals surface area (Å²) in [7, 11) is 5.35. The maximum atomic E-state index is 13.3. The summed E-state index contributed by atoms with van der Waals surface area (Å²) in [6.07, 6.45) is -5.41. The van der Waals surface area contributed by atoms with E-state index in [2.05, 4.69) is 0 Å². The lowest BCUT2D eigenvalue weighted by atomic mass is 9.67. The topological polar surface area (TPSA) is 174 Å². The van der Waals surface area contributed by atoms with Crippen LogP contribution in [0.3, 0.4) is 0 Å². The molecule has 41 heavy (non-hydrogen) atoms. The second-order valence-electron chi connectivity index (χ2n) is 10.2. The highest BCUT2D eigenvalue weighted by Gasteiger charge is 2.53. The average molecular weight is 611 g/mol. The van der Waals surface area contributed by atoms with Crippen LogP contribution < -0.4 is 18.9 Å². The van der Waals surface area contributed by atoms with E-state index in [1.807, 2.05) is 12.1 Å². The smallest absolute Gasteiger partial charge is 0.310 e. The quantitative estimate of drug-likeness (QED) is 0.224. The molecule has 2 aromatic carbocycles. The number of carbonyl (C=O) groups excluding carboxylic acids is 1. The summed E-state index contributed by atoms with van der Waals surface area (Å²) in [5, 5.41) is 50.8. The van der Waals surface area contributed by atoms with Crippen molar-refractivity contribution in [2.24, 2.45) is 11.8 Å². The molecule has 14 heteroatoms. The van der Waals surface area contributed by atoms with Crippen LogP contribution in [0, 0.1) is 11.8 Å². The Balaban J connectivity index is 1.42. The number of carbonyl (C=O) groups is 1. The first-order chi connectivity index (χ1) is 19.8. The van der Waals surface area contributed by atoms with Gasteiger partial charge in [0.2, 0.25) is 12.5 Å². The lowest BCUT2D eigenvalue weighted by Crippen LogP contribution is -2.57. The van der Waals surface area contributed by atoms with E-state index < -0.39 is 48.3 Å². The predicted molar refractivity (Wildman–Crippen MR) is 145 cm³/mol. The molecule has 2 aromatic rings. The van der Waals surface area contributed by atoms with Gasteiger partial charge in [-0.05, 0) is 41.0 Å². The number of cyclic esters (lactones) is 1. The summed E-state index contributed by atoms with van der Waals surface area (Å²) in [4.78, 5) is 13.3. The third-order valence-electron chi connectivity index (χ3n) is 8.08. The van der Waals surface area contributed by atoms with Crippen molar-refractivity contribution in [2.75, 3.05) is 34.2 Å². The van der Waals surface area contributed by atoms with Crippen molar-refractivity contribution >= 4 is 27.6 Å². The van der Waals surface area contributed by atoms with Gasteiger partial charge >= 0.3 is 5.97 Å². The van der Waals surface area contributed by atoms with Gasteiger partial charge in [0.15, 0.2) is 23.0 Å². The van der Waals surface area contributed by atoms with Crippen molar-refractivity contribution in [3.05, 3.63) is 41.0 Å². The van der Waals surface area contributed by atoms with Gasteiger partial charge in [-0.3, -0.25) is 4.79 Å². The van der Waals surface area contributed by atoms with E-state index in [0.29, 0.717) is 17.1 Å². The van der Waals surface area contributed by atoms with Crippen molar-refractivity contribution in [3.8, 4) is 28.7 Å². The zero-order valence-electron chi connectivity index (χ0n) is 22.0. The fraction of sp³-hybridized carbons (Fsp3) is 0.519. The highest BCUT2D eigenvalue weighted by Crippen LogP contribution is 2.61. The SMILES string of the molecule is COc1cc([C@@H]2c3cc4c(cc3[C@@H](SS[C@@H]3O[C@H](CO)[C@H](O)[C@H](O)[C@H]3O)[C@H]3COC(=O)[C@H]23)OCO4)cc(OC)c1O. The Hall–Kier alpha value is -2.59. The first kappa shape index (κ1) is 28.5. The van der Waals surface area contributed by atoms with E-state index >= 15 is 0 Å². The number of ether oxygens (including phenoxy) is 6. The van der Waals surface area contributed by atoms with E-state index in [9.17, 15) is 30.3 Å². The summed E-state index contributed by atoms with van der Waals surface area (Å²) >= 11 is 0. The molecule has 6 rings (SSSR count). The van der Waals surface area contributed by atoms with Gasteiger partial charge in [0, 0.05) is 17.1 Å². The summed E-state index contributed by atoms with van der Waals surface area (Å²) in [6, 6.07) is 7.08. The Morgan fingerprint density at radius 3 is 2.20 bits per heavy atom. The van der Waals surface area contributed by atoms with Crippen LogP contribution in [0.25, 0.3) is 0 Å². The molecular formula is C27H30O12S2.